The molecule has 0 radical (unpaired) electrons. The van der Waals surface area contributed by atoms with Crippen molar-refractivity contribution < 1.29 is 0 Å². The second kappa shape index (κ2) is 3.79. The van der Waals surface area contributed by atoms with E-state index in [9.17, 15) is 0 Å². The third-order valence-corrected chi connectivity index (χ3v) is 3.08. The summed E-state index contributed by atoms with van der Waals surface area (Å²) in [6, 6.07) is 3.77. The Bertz CT molecular complexity index is 271. The normalized spacial score (nSPS) is 10.2. The Morgan fingerprint density at radius 3 is 2.64 bits per heavy atom. The molecule has 60 valence electrons. The molecule has 0 aliphatic rings. The van der Waals surface area contributed by atoms with Crippen LogP contribution in [0.1, 0.15) is 11.1 Å². The van der Waals surface area contributed by atoms with Gasteiger partial charge in [0.15, 0.2) is 0 Å². The maximum absolute atomic E-state index is 5.82. The Morgan fingerprint density at radius 1 is 1.45 bits per heavy atom. The number of hydrogen-bond acceptors (Lipinski definition) is 0. The van der Waals surface area contributed by atoms with E-state index in [4.69, 9.17) is 23.2 Å². The van der Waals surface area contributed by atoms with Gasteiger partial charge in [-0.25, -0.2) is 0 Å². The summed E-state index contributed by atoms with van der Waals surface area (Å²) >= 11 is 14.9. The second-order valence-corrected chi connectivity index (χ2v) is 3.83. The van der Waals surface area contributed by atoms with Crippen molar-refractivity contribution in [2.45, 2.75) is 12.8 Å². The molecule has 0 spiro atoms. The molecule has 1 rings (SSSR count). The molecule has 0 nitrogen and oxygen atoms in total. The zero-order chi connectivity index (χ0) is 8.43. The van der Waals surface area contributed by atoms with E-state index >= 15 is 0 Å². The van der Waals surface area contributed by atoms with Crippen molar-refractivity contribution in [2.75, 3.05) is 0 Å². The van der Waals surface area contributed by atoms with Gasteiger partial charge in [-0.05, 0) is 30.2 Å². The van der Waals surface area contributed by atoms with E-state index in [2.05, 4.69) is 15.9 Å². The first-order valence-electron chi connectivity index (χ1n) is 3.15. The fourth-order valence-electron chi connectivity index (χ4n) is 0.892. The summed E-state index contributed by atoms with van der Waals surface area (Å²) in [6.45, 7) is 1.99. The third-order valence-electron chi connectivity index (χ3n) is 1.44. The molecular weight excluding hydrogens is 247 g/mol. The molecule has 0 aliphatic carbocycles. The molecule has 11 heavy (non-hydrogen) atoms. The van der Waals surface area contributed by atoms with Crippen molar-refractivity contribution in [1.29, 1.82) is 0 Å². The highest BCUT2D eigenvalue weighted by atomic mass is 79.9. The van der Waals surface area contributed by atoms with Gasteiger partial charge in [-0.1, -0.05) is 27.5 Å². The van der Waals surface area contributed by atoms with Gasteiger partial charge in [0, 0.05) is 15.4 Å². The van der Waals surface area contributed by atoms with Crippen molar-refractivity contribution in [3.05, 3.63) is 32.8 Å². The van der Waals surface area contributed by atoms with Crippen molar-refractivity contribution >= 4 is 39.1 Å². The van der Waals surface area contributed by atoms with Crippen molar-refractivity contribution in [3.63, 3.8) is 0 Å². The first kappa shape index (κ1) is 9.37. The van der Waals surface area contributed by atoms with Crippen LogP contribution in [0.2, 0.25) is 5.02 Å². The molecular formula is C8H7BrCl2. The van der Waals surface area contributed by atoms with Crippen LogP contribution in [-0.4, -0.2) is 0 Å². The van der Waals surface area contributed by atoms with Gasteiger partial charge in [-0.3, -0.25) is 0 Å². The molecule has 0 unspecified atom stereocenters. The van der Waals surface area contributed by atoms with Crippen LogP contribution in [0.25, 0.3) is 0 Å². The number of rotatable bonds is 1. The predicted molar refractivity (Wildman–Crippen MR) is 53.4 cm³/mol. The Labute approximate surface area is 84.6 Å². The predicted octanol–water partition coefficient (Wildman–Crippen LogP) is 4.15. The third kappa shape index (κ3) is 2.11. The summed E-state index contributed by atoms with van der Waals surface area (Å²) < 4.78 is 1.05. The Balaban J connectivity index is 3.24. The van der Waals surface area contributed by atoms with E-state index in [0.717, 1.165) is 20.6 Å². The summed E-state index contributed by atoms with van der Waals surface area (Å²) in [4.78, 5) is 0. The average molecular weight is 254 g/mol. The van der Waals surface area contributed by atoms with E-state index in [1.165, 1.54) is 0 Å². The van der Waals surface area contributed by atoms with Crippen LogP contribution in [0.3, 0.4) is 0 Å². The summed E-state index contributed by atoms with van der Waals surface area (Å²) in [5, 5.41) is 0.737. The number of hydrogen-bond donors (Lipinski definition) is 0. The monoisotopic (exact) mass is 252 g/mol. The van der Waals surface area contributed by atoms with E-state index in [1.807, 2.05) is 19.1 Å². The maximum atomic E-state index is 5.82. The maximum Gasteiger partial charge on any atom is 0.0485 e. The van der Waals surface area contributed by atoms with Gasteiger partial charge in [0.1, 0.15) is 0 Å². The van der Waals surface area contributed by atoms with Crippen LogP contribution in [0.15, 0.2) is 16.6 Å². The molecule has 0 fully saturated rings. The molecule has 1 aromatic carbocycles. The minimum atomic E-state index is 0.488. The number of benzene rings is 1. The molecule has 0 amide bonds. The molecule has 0 aromatic heterocycles. The highest BCUT2D eigenvalue weighted by molar-refractivity contribution is 9.10. The molecule has 0 saturated carbocycles. The Hall–Kier alpha value is 0.280. The minimum Gasteiger partial charge on any atom is -0.122 e. The first-order chi connectivity index (χ1) is 5.15. The topological polar surface area (TPSA) is 0 Å². The fourth-order valence-corrected chi connectivity index (χ4v) is 1.93. The molecule has 0 N–H and O–H groups in total. The highest BCUT2D eigenvalue weighted by Gasteiger charge is 2.02. The lowest BCUT2D eigenvalue weighted by atomic mass is 10.2. The minimum absolute atomic E-state index is 0.488. The molecule has 0 atom stereocenters. The Kier molecular flexibility index (Phi) is 3.23. The van der Waals surface area contributed by atoms with Gasteiger partial charge in [-0.15, -0.1) is 11.6 Å². The number of alkyl halides is 1. The number of aryl methyl sites for hydroxylation is 1. The largest absolute Gasteiger partial charge is 0.122 e. The summed E-state index contributed by atoms with van der Waals surface area (Å²) in [5.41, 5.74) is 2.16. The van der Waals surface area contributed by atoms with Crippen LogP contribution in [-0.2, 0) is 5.88 Å². The second-order valence-electron chi connectivity index (χ2n) is 2.33. The van der Waals surface area contributed by atoms with Crippen molar-refractivity contribution in [2.24, 2.45) is 0 Å². The van der Waals surface area contributed by atoms with Gasteiger partial charge in [0.2, 0.25) is 0 Å². The standard InChI is InChI=1S/C8H7BrCl2/c1-5-2-7(11)3-6(4-10)8(5)9/h2-3H,4H2,1H3. The van der Waals surface area contributed by atoms with Crippen LogP contribution >= 0.6 is 39.1 Å². The van der Waals surface area contributed by atoms with Gasteiger partial charge in [0.05, 0.1) is 0 Å². The molecule has 0 saturated heterocycles. The summed E-state index contributed by atoms with van der Waals surface area (Å²) in [6.07, 6.45) is 0. The van der Waals surface area contributed by atoms with E-state index in [0.29, 0.717) is 5.88 Å². The average Bonchev–Trinajstić information content (AvgIpc) is 1.96. The van der Waals surface area contributed by atoms with Crippen molar-refractivity contribution in [3.8, 4) is 0 Å². The quantitative estimate of drug-likeness (QED) is 0.660. The summed E-state index contributed by atoms with van der Waals surface area (Å²) in [5.74, 6) is 0.488. The molecule has 0 heterocycles. The van der Waals surface area contributed by atoms with Crippen LogP contribution in [0.4, 0.5) is 0 Å². The first-order valence-corrected chi connectivity index (χ1v) is 4.86. The van der Waals surface area contributed by atoms with Crippen LogP contribution in [0.5, 0.6) is 0 Å². The zero-order valence-corrected chi connectivity index (χ0v) is 9.09. The van der Waals surface area contributed by atoms with Gasteiger partial charge >= 0.3 is 0 Å². The van der Waals surface area contributed by atoms with Crippen LogP contribution < -0.4 is 0 Å². The number of halogens is 3. The van der Waals surface area contributed by atoms with E-state index < -0.39 is 0 Å². The zero-order valence-electron chi connectivity index (χ0n) is 6.00. The van der Waals surface area contributed by atoms with E-state index in [-0.39, 0.29) is 0 Å². The fraction of sp³-hybridized carbons (Fsp3) is 0.250. The SMILES string of the molecule is Cc1cc(Cl)cc(CCl)c1Br. The lowest BCUT2D eigenvalue weighted by Gasteiger charge is -2.04. The smallest absolute Gasteiger partial charge is 0.0485 e. The van der Waals surface area contributed by atoms with Gasteiger partial charge < -0.3 is 0 Å². The van der Waals surface area contributed by atoms with Crippen LogP contribution in [0, 0.1) is 6.92 Å². The highest BCUT2D eigenvalue weighted by Crippen LogP contribution is 2.26. The molecule has 1 aromatic rings. The molecule has 3 heteroatoms. The van der Waals surface area contributed by atoms with Crippen molar-refractivity contribution in [1.82, 2.24) is 0 Å². The Morgan fingerprint density at radius 2 is 2.09 bits per heavy atom. The molecule has 0 aliphatic heterocycles. The van der Waals surface area contributed by atoms with Gasteiger partial charge in [-0.2, -0.15) is 0 Å². The lowest BCUT2D eigenvalue weighted by Crippen LogP contribution is -1.84. The van der Waals surface area contributed by atoms with E-state index in [1.54, 1.807) is 0 Å². The lowest BCUT2D eigenvalue weighted by molar-refractivity contribution is 1.31. The molecule has 0 bridgehead atoms. The van der Waals surface area contributed by atoms with Gasteiger partial charge in [0.25, 0.3) is 0 Å². The summed E-state index contributed by atoms with van der Waals surface area (Å²) in [7, 11) is 0.